The first kappa shape index (κ1) is 24.6. The molecule has 0 aromatic heterocycles. The van der Waals surface area contributed by atoms with Gasteiger partial charge in [-0.05, 0) is 61.6 Å². The van der Waals surface area contributed by atoms with Gasteiger partial charge in [0.1, 0.15) is 5.75 Å². The first-order chi connectivity index (χ1) is 15.3. The first-order valence-electron chi connectivity index (χ1n) is 11.0. The normalized spacial score (nSPS) is 16.2. The van der Waals surface area contributed by atoms with Crippen LogP contribution in [0.3, 0.4) is 0 Å². The lowest BCUT2D eigenvalue weighted by Gasteiger charge is -2.21. The van der Waals surface area contributed by atoms with Gasteiger partial charge in [-0.25, -0.2) is 8.42 Å². The van der Waals surface area contributed by atoms with Gasteiger partial charge in [0.25, 0.3) is 5.91 Å². The predicted octanol–water partition coefficient (Wildman–Crippen LogP) is 5.10. The van der Waals surface area contributed by atoms with Crippen molar-refractivity contribution in [3.05, 3.63) is 58.1 Å². The Bertz CT molecular complexity index is 1060. The number of benzene rings is 2. The summed E-state index contributed by atoms with van der Waals surface area (Å²) in [6.07, 6.45) is 4.42. The molecule has 1 fully saturated rings. The molecule has 0 aliphatic carbocycles. The van der Waals surface area contributed by atoms with Gasteiger partial charge in [0, 0.05) is 13.1 Å². The van der Waals surface area contributed by atoms with E-state index < -0.39 is 15.9 Å². The summed E-state index contributed by atoms with van der Waals surface area (Å²) in [5, 5.41) is 3.22. The van der Waals surface area contributed by atoms with E-state index in [1.54, 1.807) is 7.11 Å². The van der Waals surface area contributed by atoms with Crippen LogP contribution in [0.15, 0.2) is 41.3 Å². The van der Waals surface area contributed by atoms with Crippen LogP contribution in [0.5, 0.6) is 5.75 Å². The van der Waals surface area contributed by atoms with Crippen LogP contribution in [-0.2, 0) is 10.0 Å². The number of amides is 1. The Hall–Kier alpha value is -2.09. The van der Waals surface area contributed by atoms with Crippen LogP contribution in [-0.4, -0.2) is 38.8 Å². The molecule has 6 nitrogen and oxygen atoms in total. The largest absolute Gasteiger partial charge is 0.496 e. The molecule has 1 atom stereocenters. The molecule has 1 saturated heterocycles. The molecule has 0 bridgehead atoms. The minimum atomic E-state index is -3.68. The highest BCUT2D eigenvalue weighted by atomic mass is 35.5. The van der Waals surface area contributed by atoms with Crippen LogP contribution in [0.4, 0.5) is 0 Å². The summed E-state index contributed by atoms with van der Waals surface area (Å²) in [5.41, 5.74) is 2.08. The average Bonchev–Trinajstić information content (AvgIpc) is 3.07. The summed E-state index contributed by atoms with van der Waals surface area (Å²) < 4.78 is 33.2. The molecule has 174 valence electrons. The lowest BCUT2D eigenvalue weighted by molar-refractivity contribution is 0.0935. The lowest BCUT2D eigenvalue weighted by Crippen LogP contribution is -2.32. The van der Waals surface area contributed by atoms with Gasteiger partial charge >= 0.3 is 0 Å². The van der Waals surface area contributed by atoms with Gasteiger partial charge in [-0.15, -0.1) is 0 Å². The smallest absolute Gasteiger partial charge is 0.253 e. The van der Waals surface area contributed by atoms with Crippen molar-refractivity contribution in [3.63, 3.8) is 0 Å². The summed E-state index contributed by atoms with van der Waals surface area (Å²) >= 11 is 6.30. The fourth-order valence-corrected chi connectivity index (χ4v) is 5.79. The van der Waals surface area contributed by atoms with E-state index in [0.717, 1.165) is 42.6 Å². The van der Waals surface area contributed by atoms with Crippen molar-refractivity contribution in [1.29, 1.82) is 0 Å². The first-order valence-corrected chi connectivity index (χ1v) is 12.8. The van der Waals surface area contributed by atoms with Crippen molar-refractivity contribution >= 4 is 27.5 Å². The van der Waals surface area contributed by atoms with Crippen LogP contribution in [0.25, 0.3) is 0 Å². The molecule has 1 amide bonds. The zero-order valence-corrected chi connectivity index (χ0v) is 20.4. The summed E-state index contributed by atoms with van der Waals surface area (Å²) in [6.45, 7) is 4.93. The van der Waals surface area contributed by atoms with Crippen LogP contribution in [0, 0.1) is 6.92 Å². The number of carbonyl (C=O) groups excluding carboxylic acids is 1. The maximum Gasteiger partial charge on any atom is 0.253 e. The minimum absolute atomic E-state index is 0.0993. The van der Waals surface area contributed by atoms with Crippen LogP contribution < -0.4 is 10.1 Å². The molecule has 1 heterocycles. The summed E-state index contributed by atoms with van der Waals surface area (Å²) in [4.78, 5) is 13.2. The molecule has 0 spiro atoms. The molecule has 32 heavy (non-hydrogen) atoms. The Balaban J connectivity index is 1.85. The Kier molecular flexibility index (Phi) is 8.20. The van der Waals surface area contributed by atoms with Crippen molar-refractivity contribution in [3.8, 4) is 5.75 Å². The van der Waals surface area contributed by atoms with Gasteiger partial charge in [-0.3, -0.25) is 4.79 Å². The number of nitrogens with one attached hydrogen (secondary N) is 1. The fourth-order valence-electron chi connectivity index (χ4n) is 4.05. The molecule has 1 N–H and O–H groups in total. The van der Waals surface area contributed by atoms with Gasteiger partial charge in [0.15, 0.2) is 0 Å². The lowest BCUT2D eigenvalue weighted by atomic mass is 10.0. The molecule has 2 aromatic rings. The second-order valence-electron chi connectivity index (χ2n) is 8.12. The number of aryl methyl sites for hydroxylation is 1. The van der Waals surface area contributed by atoms with E-state index in [-0.39, 0.29) is 21.5 Å². The van der Waals surface area contributed by atoms with Gasteiger partial charge < -0.3 is 10.1 Å². The number of nitrogens with zero attached hydrogens (tertiary/aromatic N) is 1. The van der Waals surface area contributed by atoms with Crippen molar-refractivity contribution in [2.45, 2.75) is 56.9 Å². The highest BCUT2D eigenvalue weighted by Gasteiger charge is 2.27. The zero-order valence-electron chi connectivity index (χ0n) is 18.9. The van der Waals surface area contributed by atoms with Crippen molar-refractivity contribution in [1.82, 2.24) is 9.62 Å². The summed E-state index contributed by atoms with van der Waals surface area (Å²) in [7, 11) is -2.06. The third-order valence-corrected chi connectivity index (χ3v) is 8.14. The number of hydrogen-bond donors (Lipinski definition) is 1. The second-order valence-corrected chi connectivity index (χ2v) is 10.5. The summed E-state index contributed by atoms with van der Waals surface area (Å²) in [5.74, 6) is 0.382. The number of hydrogen-bond acceptors (Lipinski definition) is 4. The van der Waals surface area contributed by atoms with E-state index in [9.17, 15) is 13.2 Å². The molecule has 8 heteroatoms. The quantitative estimate of drug-likeness (QED) is 0.600. The molecular formula is C24H31ClN2O4S. The number of sulfonamides is 1. The van der Waals surface area contributed by atoms with Gasteiger partial charge in [0.2, 0.25) is 10.0 Å². The highest BCUT2D eigenvalue weighted by molar-refractivity contribution is 7.89. The van der Waals surface area contributed by atoms with E-state index in [4.69, 9.17) is 16.3 Å². The SMILES string of the molecule is CC[C@@H](NC(=O)c1cc(S(=O)(=O)N2CCCCCC2)ccc1Cl)c1ccc(OC)c(C)c1. The molecule has 1 aliphatic rings. The van der Waals surface area contributed by atoms with E-state index >= 15 is 0 Å². The second kappa shape index (κ2) is 10.7. The van der Waals surface area contributed by atoms with Crippen molar-refractivity contribution < 1.29 is 17.9 Å². The van der Waals surface area contributed by atoms with Crippen molar-refractivity contribution in [2.24, 2.45) is 0 Å². The number of rotatable bonds is 7. The zero-order chi connectivity index (χ0) is 23.3. The van der Waals surface area contributed by atoms with E-state index in [1.807, 2.05) is 32.0 Å². The maximum absolute atomic E-state index is 13.2. The van der Waals surface area contributed by atoms with Crippen LogP contribution >= 0.6 is 11.6 Å². The highest BCUT2D eigenvalue weighted by Crippen LogP contribution is 2.27. The minimum Gasteiger partial charge on any atom is -0.496 e. The average molecular weight is 479 g/mol. The van der Waals surface area contributed by atoms with E-state index in [1.165, 1.54) is 22.5 Å². The maximum atomic E-state index is 13.2. The fraction of sp³-hybridized carbons (Fsp3) is 0.458. The van der Waals surface area contributed by atoms with Crippen LogP contribution in [0.1, 0.15) is 66.6 Å². The number of halogens is 1. The molecular weight excluding hydrogens is 448 g/mol. The monoisotopic (exact) mass is 478 g/mol. The molecule has 3 rings (SSSR count). The van der Waals surface area contributed by atoms with Gasteiger partial charge in [-0.1, -0.05) is 43.5 Å². The Morgan fingerprint density at radius 3 is 2.41 bits per heavy atom. The third-order valence-electron chi connectivity index (χ3n) is 5.92. The standard InChI is InChI=1S/C24H31ClN2O4S/c1-4-22(18-9-12-23(31-3)17(2)15-18)26-24(28)20-16-19(10-11-21(20)25)32(29,30)27-13-7-5-6-8-14-27/h9-12,15-16,22H,4-8,13-14H2,1-3H3,(H,26,28)/t22-/m1/s1. The molecule has 0 radical (unpaired) electrons. The number of carbonyl (C=O) groups is 1. The number of ether oxygens (including phenoxy) is 1. The van der Waals surface area contributed by atoms with Crippen LogP contribution in [0.2, 0.25) is 5.02 Å². The number of methoxy groups -OCH3 is 1. The van der Waals surface area contributed by atoms with Crippen molar-refractivity contribution in [2.75, 3.05) is 20.2 Å². The Morgan fingerprint density at radius 1 is 1.12 bits per heavy atom. The molecule has 0 unspecified atom stereocenters. The molecule has 2 aromatic carbocycles. The predicted molar refractivity (Wildman–Crippen MR) is 127 cm³/mol. The Morgan fingerprint density at radius 2 is 1.81 bits per heavy atom. The van der Waals surface area contributed by atoms with E-state index in [2.05, 4.69) is 5.32 Å². The van der Waals surface area contributed by atoms with Gasteiger partial charge in [0.05, 0.1) is 28.6 Å². The van der Waals surface area contributed by atoms with E-state index in [0.29, 0.717) is 19.5 Å². The Labute approximate surface area is 196 Å². The van der Waals surface area contributed by atoms with Gasteiger partial charge in [-0.2, -0.15) is 4.31 Å². The molecule has 0 saturated carbocycles. The molecule has 1 aliphatic heterocycles. The third kappa shape index (κ3) is 5.45. The topological polar surface area (TPSA) is 75.7 Å². The summed E-state index contributed by atoms with van der Waals surface area (Å²) in [6, 6.07) is 9.89.